The summed E-state index contributed by atoms with van der Waals surface area (Å²) in [6.45, 7) is 2.48. The van der Waals surface area contributed by atoms with E-state index in [0.29, 0.717) is 18.0 Å². The molecule has 30 heavy (non-hydrogen) atoms. The van der Waals surface area contributed by atoms with Crippen LogP contribution in [0.4, 0.5) is 5.69 Å². The number of amides is 1. The molecule has 1 saturated heterocycles. The van der Waals surface area contributed by atoms with Gasteiger partial charge in [0.1, 0.15) is 0 Å². The Balaban J connectivity index is 1.46. The highest BCUT2D eigenvalue weighted by Crippen LogP contribution is 2.26. The molecular formula is C22H23N3O4S. The number of carbonyl (C=O) groups excluding carboxylic acids is 1. The summed E-state index contributed by atoms with van der Waals surface area (Å²) in [4.78, 5) is 12.7. The van der Waals surface area contributed by atoms with Crippen molar-refractivity contribution in [1.82, 2.24) is 9.46 Å². The van der Waals surface area contributed by atoms with Crippen molar-refractivity contribution in [3.05, 3.63) is 66.4 Å². The number of anilines is 1. The standard InChI is InChI=1S/C22H23N3O4S/c1-16-7-5-6-14-25(16)30(27,28)19-12-10-18(11-13-19)23-22(26)20-15-21(29-24-20)17-8-3-2-4-9-17/h2-4,8-13,15-16H,5-7,14H2,1H3,(H,23,26). The van der Waals surface area contributed by atoms with Crippen LogP contribution in [0.5, 0.6) is 0 Å². The number of hydrogen-bond acceptors (Lipinski definition) is 5. The van der Waals surface area contributed by atoms with Crippen molar-refractivity contribution in [3.8, 4) is 11.3 Å². The van der Waals surface area contributed by atoms with E-state index in [2.05, 4.69) is 10.5 Å². The van der Waals surface area contributed by atoms with E-state index in [9.17, 15) is 13.2 Å². The normalized spacial score (nSPS) is 17.6. The topological polar surface area (TPSA) is 92.5 Å². The predicted octanol–water partition coefficient (Wildman–Crippen LogP) is 4.16. The third-order valence-corrected chi connectivity index (χ3v) is 7.29. The summed E-state index contributed by atoms with van der Waals surface area (Å²) in [6, 6.07) is 17.1. The van der Waals surface area contributed by atoms with Gasteiger partial charge in [-0.3, -0.25) is 4.79 Å². The van der Waals surface area contributed by atoms with Gasteiger partial charge in [0.25, 0.3) is 5.91 Å². The molecule has 3 aromatic rings. The summed E-state index contributed by atoms with van der Waals surface area (Å²) in [7, 11) is -3.54. The number of piperidine rings is 1. The molecule has 1 atom stereocenters. The third-order valence-electron chi connectivity index (χ3n) is 5.26. The van der Waals surface area contributed by atoms with Crippen LogP contribution >= 0.6 is 0 Å². The molecule has 1 amide bonds. The van der Waals surface area contributed by atoms with Gasteiger partial charge in [-0.05, 0) is 44.0 Å². The fourth-order valence-electron chi connectivity index (χ4n) is 3.59. The minimum absolute atomic E-state index is 0.00546. The number of nitrogens with zero attached hydrogens (tertiary/aromatic N) is 2. The summed E-state index contributed by atoms with van der Waals surface area (Å²) in [5.41, 5.74) is 1.45. The van der Waals surface area contributed by atoms with E-state index in [1.165, 1.54) is 12.1 Å². The summed E-state index contributed by atoms with van der Waals surface area (Å²) >= 11 is 0. The number of nitrogens with one attached hydrogen (secondary N) is 1. The molecule has 0 spiro atoms. The zero-order chi connectivity index (χ0) is 21.1. The van der Waals surface area contributed by atoms with Crippen LogP contribution in [-0.2, 0) is 10.0 Å². The number of aromatic nitrogens is 1. The number of sulfonamides is 1. The van der Waals surface area contributed by atoms with Gasteiger partial charge in [0.05, 0.1) is 4.90 Å². The van der Waals surface area contributed by atoms with Gasteiger partial charge in [-0.2, -0.15) is 4.31 Å². The largest absolute Gasteiger partial charge is 0.355 e. The van der Waals surface area contributed by atoms with Gasteiger partial charge in [-0.15, -0.1) is 0 Å². The highest BCUT2D eigenvalue weighted by Gasteiger charge is 2.30. The van der Waals surface area contributed by atoms with Gasteiger partial charge in [0.2, 0.25) is 10.0 Å². The van der Waals surface area contributed by atoms with Crippen molar-refractivity contribution < 1.29 is 17.7 Å². The predicted molar refractivity (Wildman–Crippen MR) is 114 cm³/mol. The van der Waals surface area contributed by atoms with Gasteiger partial charge < -0.3 is 9.84 Å². The molecule has 1 unspecified atom stereocenters. The van der Waals surface area contributed by atoms with E-state index in [0.717, 1.165) is 24.8 Å². The van der Waals surface area contributed by atoms with Gasteiger partial charge in [0, 0.05) is 29.9 Å². The highest BCUT2D eigenvalue weighted by molar-refractivity contribution is 7.89. The average Bonchev–Trinajstić information content (AvgIpc) is 3.25. The quantitative estimate of drug-likeness (QED) is 0.663. The van der Waals surface area contributed by atoms with Crippen LogP contribution < -0.4 is 5.32 Å². The molecule has 156 valence electrons. The maximum Gasteiger partial charge on any atom is 0.277 e. The van der Waals surface area contributed by atoms with E-state index in [-0.39, 0.29) is 16.6 Å². The van der Waals surface area contributed by atoms with E-state index in [4.69, 9.17) is 4.52 Å². The van der Waals surface area contributed by atoms with Crippen LogP contribution in [0.25, 0.3) is 11.3 Å². The second-order valence-corrected chi connectivity index (χ2v) is 9.27. The van der Waals surface area contributed by atoms with Gasteiger partial charge in [-0.1, -0.05) is 41.9 Å². The van der Waals surface area contributed by atoms with E-state index < -0.39 is 15.9 Å². The molecule has 2 heterocycles. The lowest BCUT2D eigenvalue weighted by molar-refractivity contribution is 0.101. The molecule has 0 bridgehead atoms. The Labute approximate surface area is 175 Å². The lowest BCUT2D eigenvalue weighted by Gasteiger charge is -2.32. The van der Waals surface area contributed by atoms with Crippen molar-refractivity contribution in [2.24, 2.45) is 0 Å². The van der Waals surface area contributed by atoms with Crippen molar-refractivity contribution in [3.63, 3.8) is 0 Å². The third kappa shape index (κ3) is 4.15. The first-order valence-corrected chi connectivity index (χ1v) is 11.3. The zero-order valence-electron chi connectivity index (χ0n) is 16.6. The SMILES string of the molecule is CC1CCCCN1S(=O)(=O)c1ccc(NC(=O)c2cc(-c3ccccc3)on2)cc1. The van der Waals surface area contributed by atoms with Crippen LogP contribution in [0.1, 0.15) is 36.7 Å². The highest BCUT2D eigenvalue weighted by atomic mass is 32.2. The monoisotopic (exact) mass is 425 g/mol. The first-order valence-electron chi connectivity index (χ1n) is 9.90. The number of rotatable bonds is 5. The fourth-order valence-corrected chi connectivity index (χ4v) is 5.29. The lowest BCUT2D eigenvalue weighted by Crippen LogP contribution is -2.41. The minimum Gasteiger partial charge on any atom is -0.355 e. The Hall–Kier alpha value is -2.97. The van der Waals surface area contributed by atoms with Crippen molar-refractivity contribution in [2.75, 3.05) is 11.9 Å². The number of hydrogen-bond donors (Lipinski definition) is 1. The molecular weight excluding hydrogens is 402 g/mol. The Morgan fingerprint density at radius 1 is 1.10 bits per heavy atom. The van der Waals surface area contributed by atoms with Crippen molar-refractivity contribution in [2.45, 2.75) is 37.1 Å². The Bertz CT molecular complexity index is 1120. The van der Waals surface area contributed by atoms with Crippen LogP contribution in [0, 0.1) is 0 Å². The Morgan fingerprint density at radius 3 is 2.53 bits per heavy atom. The number of carbonyl (C=O) groups is 1. The summed E-state index contributed by atoms with van der Waals surface area (Å²) in [6.07, 6.45) is 2.79. The van der Waals surface area contributed by atoms with E-state index in [1.54, 1.807) is 22.5 Å². The summed E-state index contributed by atoms with van der Waals surface area (Å²) < 4.78 is 32.6. The van der Waals surface area contributed by atoms with Crippen LogP contribution in [0.2, 0.25) is 0 Å². The minimum atomic E-state index is -3.54. The summed E-state index contributed by atoms with van der Waals surface area (Å²) in [5.74, 6) is 0.0685. The smallest absolute Gasteiger partial charge is 0.277 e. The molecule has 2 aromatic carbocycles. The molecule has 1 fully saturated rings. The molecule has 1 N–H and O–H groups in total. The van der Waals surface area contributed by atoms with Gasteiger partial charge >= 0.3 is 0 Å². The molecule has 8 heteroatoms. The van der Waals surface area contributed by atoms with Crippen LogP contribution in [-0.4, -0.2) is 36.4 Å². The molecule has 7 nitrogen and oxygen atoms in total. The molecule has 0 radical (unpaired) electrons. The lowest BCUT2D eigenvalue weighted by atomic mass is 10.1. The number of benzene rings is 2. The molecule has 1 aliphatic rings. The molecule has 4 rings (SSSR count). The van der Waals surface area contributed by atoms with E-state index in [1.807, 2.05) is 37.3 Å². The van der Waals surface area contributed by atoms with Gasteiger partial charge in [-0.25, -0.2) is 8.42 Å². The maximum absolute atomic E-state index is 12.9. The summed E-state index contributed by atoms with van der Waals surface area (Å²) in [5, 5.41) is 6.55. The Kier molecular flexibility index (Phi) is 5.69. The van der Waals surface area contributed by atoms with Gasteiger partial charge in [0.15, 0.2) is 11.5 Å². The second-order valence-electron chi connectivity index (χ2n) is 7.38. The molecule has 0 aliphatic carbocycles. The second kappa shape index (κ2) is 8.41. The average molecular weight is 426 g/mol. The molecule has 1 aliphatic heterocycles. The molecule has 1 aromatic heterocycles. The first kappa shape index (κ1) is 20.3. The van der Waals surface area contributed by atoms with Crippen LogP contribution in [0.15, 0.2) is 70.1 Å². The van der Waals surface area contributed by atoms with Crippen LogP contribution in [0.3, 0.4) is 0 Å². The fraction of sp³-hybridized carbons (Fsp3) is 0.273. The maximum atomic E-state index is 12.9. The zero-order valence-corrected chi connectivity index (χ0v) is 17.4. The first-order chi connectivity index (χ1) is 14.4. The molecule has 0 saturated carbocycles. The van der Waals surface area contributed by atoms with E-state index >= 15 is 0 Å². The van der Waals surface area contributed by atoms with Crippen molar-refractivity contribution in [1.29, 1.82) is 0 Å². The Morgan fingerprint density at radius 2 is 1.83 bits per heavy atom. The van der Waals surface area contributed by atoms with Crippen molar-refractivity contribution >= 4 is 21.6 Å².